The molecule has 0 aromatic heterocycles. The summed E-state index contributed by atoms with van der Waals surface area (Å²) < 4.78 is 0. The van der Waals surface area contributed by atoms with Crippen LogP contribution in [0, 0.1) is 11.8 Å². The van der Waals surface area contributed by atoms with E-state index in [1.54, 1.807) is 0 Å². The molecule has 0 amide bonds. The van der Waals surface area contributed by atoms with Crippen molar-refractivity contribution in [2.45, 2.75) is 53.1 Å². The van der Waals surface area contributed by atoms with Gasteiger partial charge in [-0.1, -0.05) is 27.7 Å². The minimum Gasteiger partial charge on any atom is -0.393 e. The van der Waals surface area contributed by atoms with Crippen molar-refractivity contribution in [2.75, 3.05) is 33.2 Å². The van der Waals surface area contributed by atoms with Crippen LogP contribution in [0.1, 0.15) is 47.0 Å². The fourth-order valence-electron chi connectivity index (χ4n) is 2.42. The molecule has 18 heavy (non-hydrogen) atoms. The normalized spacial score (nSPS) is 29.7. The molecule has 2 aliphatic rings. The zero-order valence-corrected chi connectivity index (χ0v) is 13.1. The third-order valence-electron chi connectivity index (χ3n) is 3.48. The van der Waals surface area contributed by atoms with Crippen LogP contribution in [0.5, 0.6) is 0 Å². The van der Waals surface area contributed by atoms with E-state index in [2.05, 4.69) is 31.1 Å². The highest BCUT2D eigenvalue weighted by Gasteiger charge is 2.13. The number of nitrogens with zero attached hydrogens (tertiary/aromatic N) is 1. The third-order valence-corrected chi connectivity index (χ3v) is 3.48. The minimum atomic E-state index is -0.0220. The zero-order valence-electron chi connectivity index (χ0n) is 13.1. The number of rotatable bonds is 0. The fraction of sp³-hybridized carbons (Fsp3) is 1.00. The van der Waals surface area contributed by atoms with E-state index in [1.807, 2.05) is 13.8 Å². The number of piperidine rings is 2. The molecule has 2 N–H and O–H groups in total. The SMILES string of the molecule is CC.CC1CNCC(C)C1.CN1CCC(O)CC1. The summed E-state index contributed by atoms with van der Waals surface area (Å²) in [6, 6.07) is 0. The van der Waals surface area contributed by atoms with Crippen LogP contribution in [-0.2, 0) is 0 Å². The Bertz CT molecular complexity index is 161. The maximum absolute atomic E-state index is 9.00. The van der Waals surface area contributed by atoms with Crippen LogP contribution in [0.15, 0.2) is 0 Å². The summed E-state index contributed by atoms with van der Waals surface area (Å²) in [5.41, 5.74) is 0. The number of nitrogens with one attached hydrogen (secondary N) is 1. The summed E-state index contributed by atoms with van der Waals surface area (Å²) in [5.74, 6) is 1.80. The summed E-state index contributed by atoms with van der Waals surface area (Å²) in [6.07, 6.45) is 3.30. The zero-order chi connectivity index (χ0) is 14.0. The van der Waals surface area contributed by atoms with Crippen LogP contribution in [-0.4, -0.2) is 49.3 Å². The molecule has 2 aliphatic heterocycles. The lowest BCUT2D eigenvalue weighted by atomic mass is 9.94. The van der Waals surface area contributed by atoms with E-state index in [1.165, 1.54) is 19.5 Å². The second kappa shape index (κ2) is 10.8. The first-order chi connectivity index (χ1) is 8.58. The van der Waals surface area contributed by atoms with Gasteiger partial charge in [0.25, 0.3) is 0 Å². The summed E-state index contributed by atoms with van der Waals surface area (Å²) in [6.45, 7) is 13.2. The number of hydrogen-bond donors (Lipinski definition) is 2. The van der Waals surface area contributed by atoms with E-state index in [9.17, 15) is 0 Å². The lowest BCUT2D eigenvalue weighted by molar-refractivity contribution is 0.0943. The Morgan fingerprint density at radius 3 is 1.72 bits per heavy atom. The third kappa shape index (κ3) is 8.90. The van der Waals surface area contributed by atoms with Crippen molar-refractivity contribution < 1.29 is 5.11 Å². The van der Waals surface area contributed by atoms with Crippen LogP contribution in [0.2, 0.25) is 0 Å². The smallest absolute Gasteiger partial charge is 0.0564 e. The van der Waals surface area contributed by atoms with Crippen LogP contribution in [0.25, 0.3) is 0 Å². The van der Waals surface area contributed by atoms with E-state index in [4.69, 9.17) is 5.11 Å². The van der Waals surface area contributed by atoms with Crippen LogP contribution in [0.4, 0.5) is 0 Å². The van der Waals surface area contributed by atoms with Gasteiger partial charge in [0.1, 0.15) is 0 Å². The summed E-state index contributed by atoms with van der Waals surface area (Å²) >= 11 is 0. The molecule has 3 heteroatoms. The molecule has 2 fully saturated rings. The van der Waals surface area contributed by atoms with Crippen molar-refractivity contribution in [2.24, 2.45) is 11.8 Å². The molecule has 0 bridgehead atoms. The molecule has 0 aromatic rings. The Kier molecular flexibility index (Phi) is 10.7. The monoisotopic (exact) mass is 258 g/mol. The maximum Gasteiger partial charge on any atom is 0.0564 e. The average Bonchev–Trinajstić information content (AvgIpc) is 2.36. The molecule has 2 saturated heterocycles. The standard InChI is InChI=1S/C7H15N.C6H13NO.C2H6/c1-6-3-7(2)5-8-4-6;1-7-4-2-6(8)3-5-7;1-2/h6-8H,3-5H2,1-2H3;6,8H,2-5H2,1H3;1-2H3. The van der Waals surface area contributed by atoms with Gasteiger partial charge in [0.2, 0.25) is 0 Å². The van der Waals surface area contributed by atoms with Crippen molar-refractivity contribution in [3.8, 4) is 0 Å². The predicted molar refractivity (Wildman–Crippen MR) is 79.9 cm³/mol. The molecule has 3 nitrogen and oxygen atoms in total. The Hall–Kier alpha value is -0.120. The van der Waals surface area contributed by atoms with Crippen molar-refractivity contribution in [3.63, 3.8) is 0 Å². The van der Waals surface area contributed by atoms with Gasteiger partial charge in [0.15, 0.2) is 0 Å². The minimum absolute atomic E-state index is 0.0220. The van der Waals surface area contributed by atoms with Crippen molar-refractivity contribution >= 4 is 0 Å². The van der Waals surface area contributed by atoms with E-state index in [0.717, 1.165) is 37.8 Å². The number of hydrogen-bond acceptors (Lipinski definition) is 3. The number of likely N-dealkylation sites (tertiary alicyclic amines) is 1. The van der Waals surface area contributed by atoms with Gasteiger partial charge in [-0.25, -0.2) is 0 Å². The molecule has 0 radical (unpaired) electrons. The molecular formula is C15H34N2O. The Labute approximate surface area is 114 Å². The van der Waals surface area contributed by atoms with E-state index in [0.29, 0.717) is 0 Å². The van der Waals surface area contributed by atoms with Crippen molar-refractivity contribution in [1.29, 1.82) is 0 Å². The first-order valence-corrected chi connectivity index (χ1v) is 7.65. The highest BCUT2D eigenvalue weighted by Crippen LogP contribution is 2.13. The van der Waals surface area contributed by atoms with Gasteiger partial charge < -0.3 is 15.3 Å². The molecular weight excluding hydrogens is 224 g/mol. The molecule has 0 saturated carbocycles. The average molecular weight is 258 g/mol. The van der Waals surface area contributed by atoms with E-state index < -0.39 is 0 Å². The van der Waals surface area contributed by atoms with Crippen LogP contribution in [0.3, 0.4) is 0 Å². The van der Waals surface area contributed by atoms with Gasteiger partial charge in [-0.15, -0.1) is 0 Å². The Morgan fingerprint density at radius 2 is 1.44 bits per heavy atom. The second-order valence-corrected chi connectivity index (χ2v) is 5.64. The lowest BCUT2D eigenvalue weighted by Gasteiger charge is -2.25. The highest BCUT2D eigenvalue weighted by molar-refractivity contribution is 4.69. The molecule has 2 rings (SSSR count). The summed E-state index contributed by atoms with van der Waals surface area (Å²) in [5, 5.41) is 12.4. The van der Waals surface area contributed by atoms with Crippen LogP contribution >= 0.6 is 0 Å². The first-order valence-electron chi connectivity index (χ1n) is 7.65. The van der Waals surface area contributed by atoms with E-state index >= 15 is 0 Å². The summed E-state index contributed by atoms with van der Waals surface area (Å²) in [4.78, 5) is 2.24. The van der Waals surface area contributed by atoms with Crippen molar-refractivity contribution in [3.05, 3.63) is 0 Å². The van der Waals surface area contributed by atoms with Gasteiger partial charge in [-0.3, -0.25) is 0 Å². The van der Waals surface area contributed by atoms with Crippen molar-refractivity contribution in [1.82, 2.24) is 10.2 Å². The molecule has 2 atom stereocenters. The molecule has 110 valence electrons. The second-order valence-electron chi connectivity index (χ2n) is 5.64. The fourth-order valence-corrected chi connectivity index (χ4v) is 2.42. The van der Waals surface area contributed by atoms with Gasteiger partial charge >= 0.3 is 0 Å². The Balaban J connectivity index is 0.000000283. The van der Waals surface area contributed by atoms with Gasteiger partial charge in [0.05, 0.1) is 6.10 Å². The molecule has 2 heterocycles. The van der Waals surface area contributed by atoms with Crippen LogP contribution < -0.4 is 5.32 Å². The topological polar surface area (TPSA) is 35.5 Å². The molecule has 2 unspecified atom stereocenters. The Morgan fingerprint density at radius 1 is 1.00 bits per heavy atom. The maximum atomic E-state index is 9.00. The lowest BCUT2D eigenvalue weighted by Crippen LogP contribution is -2.33. The first kappa shape index (κ1) is 17.9. The predicted octanol–water partition coefficient (Wildman–Crippen LogP) is 2.35. The highest BCUT2D eigenvalue weighted by atomic mass is 16.3. The molecule has 0 aliphatic carbocycles. The van der Waals surface area contributed by atoms with Gasteiger partial charge in [0, 0.05) is 13.1 Å². The molecule has 0 aromatic carbocycles. The van der Waals surface area contributed by atoms with Gasteiger partial charge in [-0.05, 0) is 51.2 Å². The quantitative estimate of drug-likeness (QED) is 0.700. The van der Waals surface area contributed by atoms with Gasteiger partial charge in [-0.2, -0.15) is 0 Å². The molecule has 0 spiro atoms. The summed E-state index contributed by atoms with van der Waals surface area (Å²) in [7, 11) is 2.09. The number of aliphatic hydroxyl groups is 1. The number of aliphatic hydroxyl groups excluding tert-OH is 1. The van der Waals surface area contributed by atoms with E-state index in [-0.39, 0.29) is 6.10 Å². The largest absolute Gasteiger partial charge is 0.393 e.